The van der Waals surface area contributed by atoms with Gasteiger partial charge < -0.3 is 9.88 Å². The molecule has 1 aromatic rings. The van der Waals surface area contributed by atoms with Gasteiger partial charge in [-0.25, -0.2) is 13.8 Å². The molecular weight excluding hydrogens is 240 g/mol. The molecule has 1 atom stereocenters. The van der Waals surface area contributed by atoms with Gasteiger partial charge >= 0.3 is 0 Å². The first-order valence-electron chi connectivity index (χ1n) is 6.06. The van der Waals surface area contributed by atoms with Gasteiger partial charge in [0.2, 0.25) is 5.91 Å². The van der Waals surface area contributed by atoms with E-state index in [1.165, 1.54) is 0 Å². The van der Waals surface area contributed by atoms with Crippen LogP contribution in [0, 0.1) is 5.92 Å². The molecule has 4 nitrogen and oxygen atoms in total. The first kappa shape index (κ1) is 13.0. The van der Waals surface area contributed by atoms with E-state index in [0.717, 1.165) is 5.82 Å². The van der Waals surface area contributed by atoms with E-state index in [-0.39, 0.29) is 31.3 Å². The normalized spacial score (nSPS) is 21.1. The van der Waals surface area contributed by atoms with E-state index in [9.17, 15) is 13.6 Å². The number of carbonyl (C=O) groups excluding carboxylic acids is 1. The predicted molar refractivity (Wildman–Crippen MR) is 62.1 cm³/mol. The van der Waals surface area contributed by atoms with E-state index in [1.54, 1.807) is 6.20 Å². The van der Waals surface area contributed by atoms with Gasteiger partial charge in [0.1, 0.15) is 5.82 Å². The number of hydrogen-bond donors (Lipinski definition) is 1. The molecule has 1 aromatic heterocycles. The summed E-state index contributed by atoms with van der Waals surface area (Å²) < 4.78 is 27.2. The Balaban J connectivity index is 1.81. The minimum Gasteiger partial charge on any atom is -0.349 e. The molecule has 6 heteroatoms. The van der Waals surface area contributed by atoms with E-state index < -0.39 is 11.8 Å². The van der Waals surface area contributed by atoms with Crippen LogP contribution in [0.4, 0.5) is 8.78 Å². The molecule has 100 valence electrons. The van der Waals surface area contributed by atoms with E-state index in [2.05, 4.69) is 10.3 Å². The first-order chi connectivity index (χ1) is 8.40. The molecule has 0 aromatic carbocycles. The number of alkyl halides is 2. The molecular formula is C12H17F2N3O. The maximum absolute atomic E-state index is 12.6. The number of nitrogens with zero attached hydrogens (tertiary/aromatic N) is 2. The molecule has 0 saturated heterocycles. The molecule has 0 bridgehead atoms. The second-order valence-electron chi connectivity index (χ2n) is 4.99. The monoisotopic (exact) mass is 257 g/mol. The Labute approximate surface area is 104 Å². The molecule has 1 fully saturated rings. The van der Waals surface area contributed by atoms with Gasteiger partial charge in [0.15, 0.2) is 0 Å². The third-order valence-electron chi connectivity index (χ3n) is 3.14. The van der Waals surface area contributed by atoms with Crippen molar-refractivity contribution in [2.45, 2.75) is 45.2 Å². The molecule has 1 aliphatic rings. The Hall–Kier alpha value is -1.46. The lowest BCUT2D eigenvalue weighted by Gasteiger charge is -2.11. The maximum atomic E-state index is 12.6. The zero-order valence-electron chi connectivity index (χ0n) is 10.5. The molecule has 0 radical (unpaired) electrons. The van der Waals surface area contributed by atoms with Crippen LogP contribution in [0.2, 0.25) is 0 Å². The minimum atomic E-state index is -2.63. The molecule has 0 unspecified atom stereocenters. The molecule has 0 aliphatic heterocycles. The van der Waals surface area contributed by atoms with Crippen molar-refractivity contribution in [2.24, 2.45) is 5.92 Å². The molecule has 1 heterocycles. The van der Waals surface area contributed by atoms with Gasteiger partial charge in [-0.05, 0) is 13.8 Å². The van der Waals surface area contributed by atoms with Crippen LogP contribution in [-0.2, 0) is 11.3 Å². The van der Waals surface area contributed by atoms with Gasteiger partial charge in [-0.1, -0.05) is 0 Å². The second-order valence-corrected chi connectivity index (χ2v) is 4.99. The van der Waals surface area contributed by atoms with Crippen molar-refractivity contribution in [3.8, 4) is 0 Å². The van der Waals surface area contributed by atoms with Crippen molar-refractivity contribution >= 4 is 5.91 Å². The quantitative estimate of drug-likeness (QED) is 0.878. The highest BCUT2D eigenvalue weighted by Gasteiger charge is 2.57. The van der Waals surface area contributed by atoms with Gasteiger partial charge in [-0.3, -0.25) is 4.79 Å². The summed E-state index contributed by atoms with van der Waals surface area (Å²) in [7, 11) is 0. The Bertz CT molecular complexity index is 442. The van der Waals surface area contributed by atoms with Gasteiger partial charge in [0.05, 0.1) is 6.54 Å². The zero-order chi connectivity index (χ0) is 13.3. The van der Waals surface area contributed by atoms with Crippen LogP contribution >= 0.6 is 0 Å². The summed E-state index contributed by atoms with van der Waals surface area (Å²) in [6, 6.07) is 0.257. The average molecular weight is 257 g/mol. The molecule has 1 amide bonds. The summed E-state index contributed by atoms with van der Waals surface area (Å²) in [6.07, 6.45) is 3.23. The highest BCUT2D eigenvalue weighted by atomic mass is 19.3. The number of halogens is 2. The molecule has 2 rings (SSSR count). The largest absolute Gasteiger partial charge is 0.349 e. The summed E-state index contributed by atoms with van der Waals surface area (Å²) in [5, 5.41) is 2.63. The number of nitrogens with one attached hydrogen (secondary N) is 1. The summed E-state index contributed by atoms with van der Waals surface area (Å²) in [4.78, 5) is 15.6. The van der Waals surface area contributed by atoms with E-state index >= 15 is 0 Å². The van der Waals surface area contributed by atoms with Gasteiger partial charge in [-0.2, -0.15) is 0 Å². The van der Waals surface area contributed by atoms with Crippen molar-refractivity contribution in [1.82, 2.24) is 14.9 Å². The van der Waals surface area contributed by atoms with Crippen LogP contribution in [-0.4, -0.2) is 21.4 Å². The topological polar surface area (TPSA) is 46.9 Å². The SMILES string of the molecule is CC(C)n1ccnc1CNC(=O)C[C@@H]1CC1(F)F. The lowest BCUT2D eigenvalue weighted by atomic mass is 10.2. The molecule has 0 spiro atoms. The fourth-order valence-corrected chi connectivity index (χ4v) is 1.92. The Morgan fingerprint density at radius 1 is 1.67 bits per heavy atom. The smallest absolute Gasteiger partial charge is 0.252 e. The number of amides is 1. The summed E-state index contributed by atoms with van der Waals surface area (Å²) in [6.45, 7) is 4.30. The first-order valence-corrected chi connectivity index (χ1v) is 6.06. The standard InChI is InChI=1S/C12H17F2N3O/c1-8(2)17-4-3-15-10(17)7-16-11(18)5-9-6-12(9,13)14/h3-4,8-9H,5-7H2,1-2H3,(H,16,18)/t9-/m1/s1. The lowest BCUT2D eigenvalue weighted by molar-refractivity contribution is -0.122. The van der Waals surface area contributed by atoms with Crippen LogP contribution in [0.1, 0.15) is 38.6 Å². The van der Waals surface area contributed by atoms with Crippen molar-refractivity contribution in [3.05, 3.63) is 18.2 Å². The summed E-state index contributed by atoms with van der Waals surface area (Å²) in [5.41, 5.74) is 0. The van der Waals surface area contributed by atoms with Crippen molar-refractivity contribution in [3.63, 3.8) is 0 Å². The maximum Gasteiger partial charge on any atom is 0.252 e. The second kappa shape index (κ2) is 4.66. The van der Waals surface area contributed by atoms with Gasteiger partial charge in [0.25, 0.3) is 5.92 Å². The van der Waals surface area contributed by atoms with Crippen molar-refractivity contribution in [1.29, 1.82) is 0 Å². The lowest BCUT2D eigenvalue weighted by Crippen LogP contribution is -2.25. The highest BCUT2D eigenvalue weighted by molar-refractivity contribution is 5.76. The molecule has 18 heavy (non-hydrogen) atoms. The summed E-state index contributed by atoms with van der Waals surface area (Å²) >= 11 is 0. The van der Waals surface area contributed by atoms with Crippen LogP contribution in [0.25, 0.3) is 0 Å². The Kier molecular flexibility index (Phi) is 3.36. The summed E-state index contributed by atoms with van der Waals surface area (Å²) in [5.74, 6) is -3.01. The third-order valence-corrected chi connectivity index (χ3v) is 3.14. The van der Waals surface area contributed by atoms with Crippen molar-refractivity contribution < 1.29 is 13.6 Å². The number of rotatable bonds is 5. The van der Waals surface area contributed by atoms with Crippen LogP contribution in [0.5, 0.6) is 0 Å². The van der Waals surface area contributed by atoms with E-state index in [0.29, 0.717) is 0 Å². The predicted octanol–water partition coefficient (Wildman–Crippen LogP) is 2.13. The van der Waals surface area contributed by atoms with E-state index in [1.807, 2.05) is 24.6 Å². The van der Waals surface area contributed by atoms with E-state index in [4.69, 9.17) is 0 Å². The average Bonchev–Trinajstić information content (AvgIpc) is 2.73. The number of imidazole rings is 1. The molecule has 1 saturated carbocycles. The number of hydrogen-bond acceptors (Lipinski definition) is 2. The van der Waals surface area contributed by atoms with Crippen LogP contribution in [0.15, 0.2) is 12.4 Å². The Morgan fingerprint density at radius 3 is 2.89 bits per heavy atom. The van der Waals surface area contributed by atoms with Crippen LogP contribution in [0.3, 0.4) is 0 Å². The van der Waals surface area contributed by atoms with Gasteiger partial charge in [-0.15, -0.1) is 0 Å². The minimum absolute atomic E-state index is 0.102. The van der Waals surface area contributed by atoms with Crippen LogP contribution < -0.4 is 5.32 Å². The fourth-order valence-electron chi connectivity index (χ4n) is 1.92. The highest BCUT2D eigenvalue weighted by Crippen LogP contribution is 2.50. The third kappa shape index (κ3) is 2.86. The number of carbonyl (C=O) groups is 1. The molecule has 1 N–H and O–H groups in total. The van der Waals surface area contributed by atoms with Crippen molar-refractivity contribution in [2.75, 3.05) is 0 Å². The molecule has 1 aliphatic carbocycles. The van der Waals surface area contributed by atoms with Gasteiger partial charge in [0, 0.05) is 37.2 Å². The zero-order valence-corrected chi connectivity index (χ0v) is 10.5. The fraction of sp³-hybridized carbons (Fsp3) is 0.667. The number of aromatic nitrogens is 2. The Morgan fingerprint density at radius 2 is 2.33 bits per heavy atom.